The zero-order chi connectivity index (χ0) is 31.1. The Hall–Kier alpha value is -4.13. The van der Waals surface area contributed by atoms with Crippen LogP contribution in [0.3, 0.4) is 0 Å². The van der Waals surface area contributed by atoms with Crippen LogP contribution in [0.25, 0.3) is 22.4 Å². The molecule has 0 spiro atoms. The number of hydrogen-bond donors (Lipinski definition) is 1. The third kappa shape index (κ3) is 6.77. The number of nitrogens with one attached hydrogen (secondary N) is 1. The van der Waals surface area contributed by atoms with Gasteiger partial charge in [0, 0.05) is 29.1 Å². The standard InChI is InChI=1S/C38H36ClN3O2S/c1-44-30-19-13-27(14-20-30)21-24-40-36(43)38(33-11-5-3-9-31(33)32-10-4-6-12-34(32)38)23-7-2-8-26-45-37-41-25-22-35(42-37)28-15-17-29(39)18-16-28/h3-6,9-20,22,25H,2,7-8,21,23-24,26H2,1H3,(H,40,43). The molecule has 0 bridgehead atoms. The number of carbonyl (C=O) groups is 1. The zero-order valence-electron chi connectivity index (χ0n) is 25.3. The van der Waals surface area contributed by atoms with Crippen molar-refractivity contribution >= 4 is 29.3 Å². The second-order valence-corrected chi connectivity index (χ2v) is 12.7. The minimum atomic E-state index is -0.712. The molecule has 0 saturated carbocycles. The molecular formula is C38H36ClN3O2S. The second-order valence-electron chi connectivity index (χ2n) is 11.2. The van der Waals surface area contributed by atoms with E-state index in [0.717, 1.165) is 87.8 Å². The molecule has 1 aromatic heterocycles. The predicted molar refractivity (Wildman–Crippen MR) is 184 cm³/mol. The van der Waals surface area contributed by atoms with Crippen molar-refractivity contribution in [2.75, 3.05) is 19.4 Å². The van der Waals surface area contributed by atoms with Crippen molar-refractivity contribution in [1.29, 1.82) is 0 Å². The van der Waals surface area contributed by atoms with E-state index in [0.29, 0.717) is 11.6 Å². The Balaban J connectivity index is 1.11. The van der Waals surface area contributed by atoms with Crippen molar-refractivity contribution in [3.05, 3.63) is 131 Å². The van der Waals surface area contributed by atoms with Gasteiger partial charge in [-0.25, -0.2) is 9.97 Å². The van der Waals surface area contributed by atoms with Crippen LogP contribution < -0.4 is 10.1 Å². The van der Waals surface area contributed by atoms with E-state index in [-0.39, 0.29) is 5.91 Å². The van der Waals surface area contributed by atoms with Crippen LogP contribution in [0.4, 0.5) is 0 Å². The molecule has 228 valence electrons. The number of fused-ring (bicyclic) bond motifs is 3. The first kappa shape index (κ1) is 30.9. The van der Waals surface area contributed by atoms with E-state index in [2.05, 4.69) is 71.0 Å². The van der Waals surface area contributed by atoms with Gasteiger partial charge in [-0.2, -0.15) is 0 Å². The molecule has 4 aromatic carbocycles. The summed E-state index contributed by atoms with van der Waals surface area (Å²) in [5.74, 6) is 1.83. The predicted octanol–water partition coefficient (Wildman–Crippen LogP) is 8.78. The van der Waals surface area contributed by atoms with Gasteiger partial charge in [0.25, 0.3) is 0 Å². The van der Waals surface area contributed by atoms with E-state index in [4.69, 9.17) is 21.3 Å². The molecule has 0 atom stereocenters. The molecular weight excluding hydrogens is 598 g/mol. The quantitative estimate of drug-likeness (QED) is 0.0798. The topological polar surface area (TPSA) is 64.1 Å². The summed E-state index contributed by atoms with van der Waals surface area (Å²) in [6.07, 6.45) is 6.27. The molecule has 6 rings (SSSR count). The Bertz CT molecular complexity index is 1710. The maximum absolute atomic E-state index is 14.3. The molecule has 0 radical (unpaired) electrons. The highest BCUT2D eigenvalue weighted by Gasteiger charge is 2.48. The number of rotatable bonds is 13. The van der Waals surface area contributed by atoms with E-state index in [1.165, 1.54) is 0 Å². The second kappa shape index (κ2) is 14.3. The van der Waals surface area contributed by atoms with Crippen molar-refractivity contribution in [3.8, 4) is 28.1 Å². The number of amides is 1. The van der Waals surface area contributed by atoms with Gasteiger partial charge in [-0.1, -0.05) is 109 Å². The molecule has 5 aromatic rings. The monoisotopic (exact) mass is 633 g/mol. The van der Waals surface area contributed by atoms with Gasteiger partial charge < -0.3 is 10.1 Å². The first-order valence-electron chi connectivity index (χ1n) is 15.4. The van der Waals surface area contributed by atoms with Crippen molar-refractivity contribution in [3.63, 3.8) is 0 Å². The van der Waals surface area contributed by atoms with E-state index in [1.807, 2.05) is 48.7 Å². The highest BCUT2D eigenvalue weighted by molar-refractivity contribution is 7.99. The Labute approximate surface area is 274 Å². The number of methoxy groups -OCH3 is 1. The highest BCUT2D eigenvalue weighted by atomic mass is 35.5. The summed E-state index contributed by atoms with van der Waals surface area (Å²) in [7, 11) is 1.67. The number of ether oxygens (including phenoxy) is 1. The maximum atomic E-state index is 14.3. The summed E-state index contributed by atoms with van der Waals surface area (Å²) in [5, 5.41) is 4.80. The zero-order valence-corrected chi connectivity index (χ0v) is 26.9. The number of unbranched alkanes of at least 4 members (excludes halogenated alkanes) is 2. The number of hydrogen-bond acceptors (Lipinski definition) is 5. The Morgan fingerprint density at radius 1 is 0.844 bits per heavy atom. The van der Waals surface area contributed by atoms with Crippen LogP contribution in [0.1, 0.15) is 42.4 Å². The lowest BCUT2D eigenvalue weighted by Crippen LogP contribution is -2.45. The lowest BCUT2D eigenvalue weighted by atomic mass is 9.73. The first-order valence-corrected chi connectivity index (χ1v) is 16.8. The van der Waals surface area contributed by atoms with Gasteiger partial charge in [0.05, 0.1) is 12.8 Å². The fourth-order valence-electron chi connectivity index (χ4n) is 6.24. The van der Waals surface area contributed by atoms with Crippen LogP contribution in [0.15, 0.2) is 114 Å². The van der Waals surface area contributed by atoms with Crippen LogP contribution in [-0.2, 0) is 16.6 Å². The lowest BCUT2D eigenvalue weighted by molar-refractivity contribution is -0.125. The van der Waals surface area contributed by atoms with E-state index in [9.17, 15) is 4.79 Å². The van der Waals surface area contributed by atoms with E-state index >= 15 is 0 Å². The number of aromatic nitrogens is 2. The molecule has 1 aliphatic rings. The Morgan fingerprint density at radius 3 is 2.22 bits per heavy atom. The Morgan fingerprint density at radius 2 is 1.53 bits per heavy atom. The molecule has 1 N–H and O–H groups in total. The smallest absolute Gasteiger partial charge is 0.235 e. The van der Waals surface area contributed by atoms with Crippen LogP contribution in [-0.4, -0.2) is 35.3 Å². The maximum Gasteiger partial charge on any atom is 0.235 e. The van der Waals surface area contributed by atoms with E-state index in [1.54, 1.807) is 18.9 Å². The van der Waals surface area contributed by atoms with Gasteiger partial charge in [0.1, 0.15) is 11.2 Å². The Kier molecular flexibility index (Phi) is 9.82. The minimum absolute atomic E-state index is 0.0789. The number of benzene rings is 4. The van der Waals surface area contributed by atoms with Crippen molar-refractivity contribution in [2.24, 2.45) is 0 Å². The summed E-state index contributed by atoms with van der Waals surface area (Å²) in [6.45, 7) is 0.572. The molecule has 0 fully saturated rings. The summed E-state index contributed by atoms with van der Waals surface area (Å²) >= 11 is 7.72. The first-order chi connectivity index (χ1) is 22.1. The van der Waals surface area contributed by atoms with Gasteiger partial charge in [0.2, 0.25) is 5.91 Å². The molecule has 1 aliphatic carbocycles. The average Bonchev–Trinajstić information content (AvgIpc) is 3.37. The van der Waals surface area contributed by atoms with Gasteiger partial charge in [-0.3, -0.25) is 4.79 Å². The number of nitrogens with zero attached hydrogens (tertiary/aromatic N) is 2. The number of thioether (sulfide) groups is 1. The van der Waals surface area contributed by atoms with Crippen molar-refractivity contribution < 1.29 is 9.53 Å². The molecule has 0 unspecified atom stereocenters. The number of halogens is 1. The summed E-state index contributed by atoms with van der Waals surface area (Å²) in [4.78, 5) is 23.5. The summed E-state index contributed by atoms with van der Waals surface area (Å²) < 4.78 is 5.29. The molecule has 45 heavy (non-hydrogen) atoms. The fraction of sp³-hybridized carbons (Fsp3) is 0.237. The normalized spacial score (nSPS) is 12.8. The van der Waals surface area contributed by atoms with Gasteiger partial charge in [-0.15, -0.1) is 0 Å². The van der Waals surface area contributed by atoms with Gasteiger partial charge in [0.15, 0.2) is 5.16 Å². The minimum Gasteiger partial charge on any atom is -0.497 e. The van der Waals surface area contributed by atoms with Crippen LogP contribution in [0.5, 0.6) is 5.75 Å². The van der Waals surface area contributed by atoms with Crippen LogP contribution >= 0.6 is 23.4 Å². The largest absolute Gasteiger partial charge is 0.497 e. The molecule has 1 heterocycles. The van der Waals surface area contributed by atoms with Gasteiger partial charge >= 0.3 is 0 Å². The molecule has 7 heteroatoms. The molecule has 0 aliphatic heterocycles. The van der Waals surface area contributed by atoms with Crippen LogP contribution in [0.2, 0.25) is 5.02 Å². The molecule has 5 nitrogen and oxygen atoms in total. The summed E-state index contributed by atoms with van der Waals surface area (Å²) in [5.41, 5.74) is 6.90. The van der Waals surface area contributed by atoms with Crippen LogP contribution in [0, 0.1) is 0 Å². The lowest BCUT2D eigenvalue weighted by Gasteiger charge is -2.31. The summed E-state index contributed by atoms with van der Waals surface area (Å²) in [6, 6.07) is 34.5. The third-order valence-corrected chi connectivity index (χ3v) is 9.71. The fourth-order valence-corrected chi connectivity index (χ4v) is 7.20. The SMILES string of the molecule is COc1ccc(CCNC(=O)C2(CCCCCSc3nccc(-c4ccc(Cl)cc4)n3)c3ccccc3-c3ccccc32)cc1. The third-order valence-electron chi connectivity index (χ3n) is 8.51. The molecule has 1 amide bonds. The highest BCUT2D eigenvalue weighted by Crippen LogP contribution is 2.51. The average molecular weight is 634 g/mol. The van der Waals surface area contributed by atoms with Crippen molar-refractivity contribution in [2.45, 2.75) is 42.7 Å². The molecule has 0 saturated heterocycles. The van der Waals surface area contributed by atoms with Gasteiger partial charge in [-0.05, 0) is 77.4 Å². The van der Waals surface area contributed by atoms with Crippen molar-refractivity contribution in [1.82, 2.24) is 15.3 Å². The van der Waals surface area contributed by atoms with E-state index < -0.39 is 5.41 Å². The number of carbonyl (C=O) groups excluding carboxylic acids is 1.